The molecule has 0 spiro atoms. The Morgan fingerprint density at radius 2 is 1.68 bits per heavy atom. The number of hydrogen-bond donors (Lipinski definition) is 3. The number of amides is 3. The van der Waals surface area contributed by atoms with Crippen molar-refractivity contribution in [3.8, 4) is 0 Å². The maximum Gasteiger partial charge on any atom is 0.407 e. The highest BCUT2D eigenvalue weighted by molar-refractivity contribution is 5.89. The van der Waals surface area contributed by atoms with Gasteiger partial charge in [0.2, 0.25) is 11.8 Å². The number of nitrogens with one attached hydrogen (secondary N) is 3. The first-order valence-corrected chi connectivity index (χ1v) is 14.0. The topological polar surface area (TPSA) is 99.8 Å². The highest BCUT2D eigenvalue weighted by Gasteiger charge is 2.38. The number of likely N-dealkylation sites (N-methyl/N-ethyl adjacent to an activating group) is 1. The van der Waals surface area contributed by atoms with Gasteiger partial charge in [-0.15, -0.1) is 0 Å². The molecule has 1 unspecified atom stereocenters. The van der Waals surface area contributed by atoms with Gasteiger partial charge in [0.25, 0.3) is 0 Å². The second kappa shape index (κ2) is 14.8. The predicted molar refractivity (Wildman–Crippen MR) is 153 cm³/mol. The minimum atomic E-state index is -0.714. The van der Waals surface area contributed by atoms with Crippen LogP contribution < -0.4 is 16.0 Å². The van der Waals surface area contributed by atoms with Gasteiger partial charge in [0.15, 0.2) is 0 Å². The third kappa shape index (κ3) is 9.33. The van der Waals surface area contributed by atoms with E-state index in [9.17, 15) is 18.8 Å². The summed E-state index contributed by atoms with van der Waals surface area (Å²) in [5.74, 6) is -0.707. The standard InChI is InChI=1S/C31H43FN4O4/c1-22(2)18-27(35-28(37)20-33-30(39)40-21-23-10-6-5-7-11-23)29(38)34-25-14-16-31(17-15-25,36(3)4)19-24-12-8-9-13-26(24)32/h5-13,22,25,27H,14-21H2,1-4H3,(H,33,39)(H,34,38)(H,35,37). The van der Waals surface area contributed by atoms with Crippen LogP contribution in [0, 0.1) is 11.7 Å². The van der Waals surface area contributed by atoms with E-state index in [4.69, 9.17) is 4.74 Å². The summed E-state index contributed by atoms with van der Waals surface area (Å²) in [6.45, 7) is 3.78. The van der Waals surface area contributed by atoms with Gasteiger partial charge in [-0.3, -0.25) is 9.59 Å². The first-order valence-electron chi connectivity index (χ1n) is 14.0. The maximum atomic E-state index is 14.4. The van der Waals surface area contributed by atoms with Crippen LogP contribution in [0.3, 0.4) is 0 Å². The van der Waals surface area contributed by atoms with Crippen LogP contribution in [0.1, 0.15) is 57.1 Å². The minimum absolute atomic E-state index is 0.0288. The molecule has 1 aliphatic carbocycles. The van der Waals surface area contributed by atoms with E-state index in [1.54, 1.807) is 6.07 Å². The molecular weight excluding hydrogens is 511 g/mol. The SMILES string of the molecule is CC(C)CC(NC(=O)CNC(=O)OCc1ccccc1)C(=O)NC1CCC(Cc2ccccc2F)(N(C)C)CC1. The molecule has 1 fully saturated rings. The van der Waals surface area contributed by atoms with Gasteiger partial charge in [0.05, 0.1) is 0 Å². The largest absolute Gasteiger partial charge is 0.445 e. The van der Waals surface area contributed by atoms with Crippen LogP contribution in [0.4, 0.5) is 9.18 Å². The molecule has 0 saturated heterocycles. The van der Waals surface area contributed by atoms with E-state index in [2.05, 4.69) is 20.9 Å². The monoisotopic (exact) mass is 554 g/mol. The summed E-state index contributed by atoms with van der Waals surface area (Å²) in [6.07, 6.45) is 3.53. The van der Waals surface area contributed by atoms with Crippen LogP contribution in [0.2, 0.25) is 0 Å². The molecule has 0 aliphatic heterocycles. The zero-order valence-corrected chi connectivity index (χ0v) is 24.0. The van der Waals surface area contributed by atoms with Gasteiger partial charge in [-0.1, -0.05) is 62.4 Å². The Bertz CT molecular complexity index is 1120. The zero-order chi connectivity index (χ0) is 29.1. The number of halogens is 1. The van der Waals surface area contributed by atoms with E-state index in [1.165, 1.54) is 6.07 Å². The van der Waals surface area contributed by atoms with Crippen molar-refractivity contribution >= 4 is 17.9 Å². The molecule has 0 bridgehead atoms. The van der Waals surface area contributed by atoms with Crippen molar-refractivity contribution in [1.29, 1.82) is 0 Å². The quantitative estimate of drug-likeness (QED) is 0.366. The predicted octanol–water partition coefficient (Wildman–Crippen LogP) is 4.18. The molecule has 9 heteroatoms. The summed E-state index contributed by atoms with van der Waals surface area (Å²) in [4.78, 5) is 40.0. The summed E-state index contributed by atoms with van der Waals surface area (Å²) >= 11 is 0. The first kappa shape index (κ1) is 31.1. The summed E-state index contributed by atoms with van der Waals surface area (Å²) < 4.78 is 19.5. The second-order valence-electron chi connectivity index (χ2n) is 11.3. The molecule has 2 aromatic rings. The minimum Gasteiger partial charge on any atom is -0.445 e. The Morgan fingerprint density at radius 3 is 2.30 bits per heavy atom. The van der Waals surface area contributed by atoms with Crippen LogP contribution in [0.15, 0.2) is 54.6 Å². The Hall–Kier alpha value is -3.46. The Kier molecular flexibility index (Phi) is 11.5. The molecule has 2 aromatic carbocycles. The molecule has 0 radical (unpaired) electrons. The van der Waals surface area contributed by atoms with E-state index in [0.717, 1.165) is 31.2 Å². The van der Waals surface area contributed by atoms with Crippen molar-refractivity contribution in [3.63, 3.8) is 0 Å². The van der Waals surface area contributed by atoms with Gasteiger partial charge >= 0.3 is 6.09 Å². The number of nitrogens with zero attached hydrogens (tertiary/aromatic N) is 1. The van der Waals surface area contributed by atoms with Crippen molar-refractivity contribution < 1.29 is 23.5 Å². The third-order valence-electron chi connectivity index (χ3n) is 7.65. The highest BCUT2D eigenvalue weighted by Crippen LogP contribution is 2.36. The lowest BCUT2D eigenvalue weighted by Crippen LogP contribution is -2.55. The fraction of sp³-hybridized carbons (Fsp3) is 0.516. The van der Waals surface area contributed by atoms with Crippen LogP contribution in [0.5, 0.6) is 0 Å². The molecule has 3 amide bonds. The fourth-order valence-electron chi connectivity index (χ4n) is 5.25. The molecule has 1 atom stereocenters. The first-order chi connectivity index (χ1) is 19.1. The van der Waals surface area contributed by atoms with Gasteiger partial charge in [-0.25, -0.2) is 9.18 Å². The van der Waals surface area contributed by atoms with Gasteiger partial charge < -0.3 is 25.6 Å². The maximum absolute atomic E-state index is 14.4. The number of alkyl carbamates (subject to hydrolysis) is 1. The Balaban J connectivity index is 1.49. The Morgan fingerprint density at radius 1 is 1.02 bits per heavy atom. The van der Waals surface area contributed by atoms with Crippen LogP contribution >= 0.6 is 0 Å². The molecule has 3 N–H and O–H groups in total. The van der Waals surface area contributed by atoms with E-state index in [-0.39, 0.29) is 42.4 Å². The van der Waals surface area contributed by atoms with Crippen molar-refractivity contribution in [2.75, 3.05) is 20.6 Å². The smallest absolute Gasteiger partial charge is 0.407 e. The Labute approximate surface area is 237 Å². The zero-order valence-electron chi connectivity index (χ0n) is 24.0. The van der Waals surface area contributed by atoms with Crippen LogP contribution in [0.25, 0.3) is 0 Å². The normalized spacial score (nSPS) is 19.6. The average molecular weight is 555 g/mol. The molecule has 1 aliphatic rings. The third-order valence-corrected chi connectivity index (χ3v) is 7.65. The number of hydrogen-bond acceptors (Lipinski definition) is 5. The number of ether oxygens (including phenoxy) is 1. The second-order valence-corrected chi connectivity index (χ2v) is 11.3. The van der Waals surface area contributed by atoms with Gasteiger partial charge in [0, 0.05) is 11.6 Å². The van der Waals surface area contributed by atoms with E-state index >= 15 is 0 Å². The van der Waals surface area contributed by atoms with Crippen molar-refractivity contribution in [2.45, 2.75) is 76.6 Å². The summed E-state index contributed by atoms with van der Waals surface area (Å²) in [5, 5.41) is 8.33. The van der Waals surface area contributed by atoms with Gasteiger partial charge in [-0.05, 0) is 75.7 Å². The summed E-state index contributed by atoms with van der Waals surface area (Å²) in [5.41, 5.74) is 1.36. The van der Waals surface area contributed by atoms with Gasteiger partial charge in [-0.2, -0.15) is 0 Å². The molecule has 3 rings (SSSR count). The van der Waals surface area contributed by atoms with E-state index in [0.29, 0.717) is 18.4 Å². The van der Waals surface area contributed by atoms with Gasteiger partial charge in [0.1, 0.15) is 25.0 Å². The highest BCUT2D eigenvalue weighted by atomic mass is 19.1. The molecule has 0 aromatic heterocycles. The molecular formula is C31H43FN4O4. The molecule has 8 nitrogen and oxygen atoms in total. The molecule has 218 valence electrons. The average Bonchev–Trinajstić information content (AvgIpc) is 2.93. The van der Waals surface area contributed by atoms with E-state index < -0.39 is 18.0 Å². The van der Waals surface area contributed by atoms with Crippen LogP contribution in [-0.4, -0.2) is 61.1 Å². The number of benzene rings is 2. The van der Waals surface area contributed by atoms with Crippen molar-refractivity contribution in [2.24, 2.45) is 5.92 Å². The fourth-order valence-corrected chi connectivity index (χ4v) is 5.25. The number of rotatable bonds is 12. The molecule has 0 heterocycles. The summed E-state index contributed by atoms with van der Waals surface area (Å²) in [7, 11) is 4.05. The lowest BCUT2D eigenvalue weighted by molar-refractivity contribution is -0.129. The van der Waals surface area contributed by atoms with Crippen molar-refractivity contribution in [1.82, 2.24) is 20.9 Å². The lowest BCUT2D eigenvalue weighted by atomic mass is 9.74. The van der Waals surface area contributed by atoms with Crippen molar-refractivity contribution in [3.05, 3.63) is 71.5 Å². The molecule has 40 heavy (non-hydrogen) atoms. The van der Waals surface area contributed by atoms with E-state index in [1.807, 2.05) is 70.4 Å². The van der Waals surface area contributed by atoms with Crippen LogP contribution in [-0.2, 0) is 27.4 Å². The molecule has 1 saturated carbocycles. The number of carbonyl (C=O) groups is 3. The lowest BCUT2D eigenvalue weighted by Gasteiger charge is -2.45. The number of carbonyl (C=O) groups excluding carboxylic acids is 3. The summed E-state index contributed by atoms with van der Waals surface area (Å²) in [6, 6.07) is 15.4.